The van der Waals surface area contributed by atoms with E-state index in [-0.39, 0.29) is 29.7 Å². The van der Waals surface area contributed by atoms with Gasteiger partial charge in [0.1, 0.15) is 0 Å². The molecule has 0 unspecified atom stereocenters. The number of carbonyl (C=O) groups is 2. The van der Waals surface area contributed by atoms with E-state index in [0.29, 0.717) is 37.1 Å². The second kappa shape index (κ2) is 10.6. The van der Waals surface area contributed by atoms with Crippen LogP contribution in [-0.2, 0) is 19.6 Å². The normalized spacial score (nSPS) is 22.8. The van der Waals surface area contributed by atoms with Crippen molar-refractivity contribution in [1.82, 2.24) is 4.72 Å². The number of hydrogen-bond donors (Lipinski definition) is 3. The fourth-order valence-electron chi connectivity index (χ4n) is 4.37. The summed E-state index contributed by atoms with van der Waals surface area (Å²) in [6.45, 7) is 3.32. The van der Waals surface area contributed by atoms with Crippen molar-refractivity contribution >= 4 is 33.2 Å². The third-order valence-electron chi connectivity index (χ3n) is 6.42. The van der Waals surface area contributed by atoms with Gasteiger partial charge in [0, 0.05) is 29.3 Å². The zero-order valence-corrected chi connectivity index (χ0v) is 19.3. The quantitative estimate of drug-likeness (QED) is 0.584. The number of nitrogens with one attached hydrogen (secondary N) is 3. The van der Waals surface area contributed by atoms with Crippen LogP contribution < -0.4 is 15.4 Å². The summed E-state index contributed by atoms with van der Waals surface area (Å²) in [4.78, 5) is 25.2. The second-order valence-electron chi connectivity index (χ2n) is 9.15. The van der Waals surface area contributed by atoms with E-state index >= 15 is 0 Å². The number of carbonyl (C=O) groups excluding carboxylic acids is 2. The van der Waals surface area contributed by atoms with Gasteiger partial charge >= 0.3 is 0 Å². The lowest BCUT2D eigenvalue weighted by Crippen LogP contribution is -2.42. The highest BCUT2D eigenvalue weighted by Gasteiger charge is 2.29. The first-order valence-electron chi connectivity index (χ1n) is 11.5. The first-order valence-corrected chi connectivity index (χ1v) is 13.0. The Bertz CT molecular complexity index is 871. The maximum atomic E-state index is 12.7. The maximum Gasteiger partial charge on any atom is 0.227 e. The van der Waals surface area contributed by atoms with Crippen molar-refractivity contribution in [3.05, 3.63) is 24.3 Å². The smallest absolute Gasteiger partial charge is 0.227 e. The standard InChI is InChI=1S/C23H35N3O4S/c1-16(2)31(29,30)26-19-13-11-18(12-14-19)23(28)25-21-10-6-9-20(15-21)24-22(27)17-7-4-3-5-8-17/h6,9-10,15-19,26H,3-5,7-8,11-14H2,1-2H3,(H,24,27)(H,25,28)/t18-,19-. The van der Waals surface area contributed by atoms with Crippen LogP contribution in [0.3, 0.4) is 0 Å². The predicted octanol–water partition coefficient (Wildman–Crippen LogP) is 4.03. The summed E-state index contributed by atoms with van der Waals surface area (Å²) in [6, 6.07) is 7.17. The van der Waals surface area contributed by atoms with Gasteiger partial charge < -0.3 is 10.6 Å². The van der Waals surface area contributed by atoms with Crippen molar-refractivity contribution in [3.63, 3.8) is 0 Å². The van der Waals surface area contributed by atoms with Gasteiger partial charge in [0.15, 0.2) is 0 Å². The maximum absolute atomic E-state index is 12.7. The summed E-state index contributed by atoms with van der Waals surface area (Å²) in [5.41, 5.74) is 1.36. The van der Waals surface area contributed by atoms with Crippen molar-refractivity contribution < 1.29 is 18.0 Å². The van der Waals surface area contributed by atoms with Gasteiger partial charge in [0.2, 0.25) is 21.8 Å². The Balaban J connectivity index is 1.49. The minimum atomic E-state index is -3.29. The zero-order valence-electron chi connectivity index (χ0n) is 18.5. The molecule has 0 radical (unpaired) electrons. The largest absolute Gasteiger partial charge is 0.326 e. The molecule has 3 N–H and O–H groups in total. The molecular weight excluding hydrogens is 414 g/mol. The first-order chi connectivity index (χ1) is 14.7. The monoisotopic (exact) mass is 449 g/mol. The molecule has 2 fully saturated rings. The molecule has 31 heavy (non-hydrogen) atoms. The van der Waals surface area contributed by atoms with Crippen molar-refractivity contribution in [1.29, 1.82) is 0 Å². The summed E-state index contributed by atoms with van der Waals surface area (Å²) in [5, 5.41) is 5.48. The molecule has 2 aliphatic carbocycles. The molecule has 1 aromatic rings. The number of amides is 2. The molecule has 2 saturated carbocycles. The highest BCUT2D eigenvalue weighted by atomic mass is 32.2. The molecule has 1 aromatic carbocycles. The van der Waals surface area contributed by atoms with Gasteiger partial charge in [0.05, 0.1) is 5.25 Å². The molecule has 2 aliphatic rings. The molecular formula is C23H35N3O4S. The minimum absolute atomic E-state index is 0.0547. The van der Waals surface area contributed by atoms with Crippen LogP contribution in [0.4, 0.5) is 11.4 Å². The van der Waals surface area contributed by atoms with Gasteiger partial charge in [-0.3, -0.25) is 9.59 Å². The van der Waals surface area contributed by atoms with E-state index in [4.69, 9.17) is 0 Å². The number of rotatable bonds is 7. The molecule has 7 nitrogen and oxygen atoms in total. The Morgan fingerprint density at radius 3 is 1.87 bits per heavy atom. The van der Waals surface area contributed by atoms with E-state index in [9.17, 15) is 18.0 Å². The summed E-state index contributed by atoms with van der Waals surface area (Å²) >= 11 is 0. The molecule has 0 aromatic heterocycles. The van der Waals surface area contributed by atoms with Gasteiger partial charge in [-0.05, 0) is 70.6 Å². The molecule has 0 bridgehead atoms. The van der Waals surface area contributed by atoms with E-state index < -0.39 is 15.3 Å². The van der Waals surface area contributed by atoms with Crippen LogP contribution in [0.2, 0.25) is 0 Å². The Morgan fingerprint density at radius 1 is 0.839 bits per heavy atom. The highest BCUT2D eigenvalue weighted by molar-refractivity contribution is 7.90. The molecule has 172 valence electrons. The van der Waals surface area contributed by atoms with Gasteiger partial charge in [-0.25, -0.2) is 13.1 Å². The van der Waals surface area contributed by atoms with Crippen LogP contribution in [0.5, 0.6) is 0 Å². The summed E-state index contributed by atoms with van der Waals surface area (Å²) in [7, 11) is -3.29. The molecule has 0 spiro atoms. The lowest BCUT2D eigenvalue weighted by Gasteiger charge is -2.28. The molecule has 0 heterocycles. The van der Waals surface area contributed by atoms with Gasteiger partial charge in [-0.1, -0.05) is 25.3 Å². The highest BCUT2D eigenvalue weighted by Crippen LogP contribution is 2.28. The molecule has 0 saturated heterocycles. The van der Waals surface area contributed by atoms with Crippen LogP contribution >= 0.6 is 0 Å². The molecule has 8 heteroatoms. The molecule has 0 atom stereocenters. The molecule has 3 rings (SSSR count). The minimum Gasteiger partial charge on any atom is -0.326 e. The number of sulfonamides is 1. The topological polar surface area (TPSA) is 104 Å². The predicted molar refractivity (Wildman–Crippen MR) is 123 cm³/mol. The van der Waals surface area contributed by atoms with Gasteiger partial charge in [0.25, 0.3) is 0 Å². The second-order valence-corrected chi connectivity index (χ2v) is 11.4. The van der Waals surface area contributed by atoms with E-state index in [2.05, 4.69) is 15.4 Å². The average Bonchev–Trinajstić information content (AvgIpc) is 2.74. The fourth-order valence-corrected chi connectivity index (χ4v) is 5.34. The van der Waals surface area contributed by atoms with Gasteiger partial charge in [-0.2, -0.15) is 0 Å². The number of hydrogen-bond acceptors (Lipinski definition) is 4. The van der Waals surface area contributed by atoms with Crippen molar-refractivity contribution in [2.75, 3.05) is 10.6 Å². The van der Waals surface area contributed by atoms with Crippen molar-refractivity contribution in [2.45, 2.75) is 82.9 Å². The van der Waals surface area contributed by atoms with E-state index in [0.717, 1.165) is 25.7 Å². The van der Waals surface area contributed by atoms with E-state index in [1.165, 1.54) is 6.42 Å². The van der Waals surface area contributed by atoms with Crippen LogP contribution in [0, 0.1) is 11.8 Å². The Labute approximate surface area is 185 Å². The summed E-state index contributed by atoms with van der Waals surface area (Å²) < 4.78 is 26.8. The Hall–Kier alpha value is -1.93. The van der Waals surface area contributed by atoms with Crippen LogP contribution in [-0.4, -0.2) is 31.5 Å². The third-order valence-corrected chi connectivity index (χ3v) is 8.33. The van der Waals surface area contributed by atoms with Crippen LogP contribution in [0.15, 0.2) is 24.3 Å². The summed E-state index contributed by atoms with van der Waals surface area (Å²) in [6.07, 6.45) is 7.91. The zero-order chi connectivity index (χ0) is 22.4. The van der Waals surface area contributed by atoms with Crippen LogP contribution in [0.1, 0.15) is 71.6 Å². The van der Waals surface area contributed by atoms with E-state index in [1.54, 1.807) is 19.9 Å². The molecule has 0 aliphatic heterocycles. The van der Waals surface area contributed by atoms with Crippen molar-refractivity contribution in [3.8, 4) is 0 Å². The lowest BCUT2D eigenvalue weighted by molar-refractivity contribution is -0.121. The third kappa shape index (κ3) is 6.77. The van der Waals surface area contributed by atoms with Crippen molar-refractivity contribution in [2.24, 2.45) is 11.8 Å². The lowest BCUT2D eigenvalue weighted by atomic mass is 9.86. The molecule has 2 amide bonds. The van der Waals surface area contributed by atoms with Crippen LogP contribution in [0.25, 0.3) is 0 Å². The first kappa shape index (κ1) is 23.7. The number of anilines is 2. The fraction of sp³-hybridized carbons (Fsp3) is 0.652. The van der Waals surface area contributed by atoms with E-state index in [1.807, 2.05) is 18.2 Å². The Kier molecular flexibility index (Phi) is 8.11. The SMILES string of the molecule is CC(C)S(=O)(=O)N[C@H]1CC[C@H](C(=O)Nc2cccc(NC(=O)C3CCCCC3)c2)CC1. The number of benzene rings is 1. The Morgan fingerprint density at radius 2 is 1.35 bits per heavy atom. The summed E-state index contributed by atoms with van der Waals surface area (Å²) in [5.74, 6) is -0.0538. The average molecular weight is 450 g/mol. The van der Waals surface area contributed by atoms with Gasteiger partial charge in [-0.15, -0.1) is 0 Å².